The Hall–Kier alpha value is -1.63. The van der Waals surface area contributed by atoms with E-state index in [4.69, 9.17) is 9.84 Å². The van der Waals surface area contributed by atoms with Gasteiger partial charge in [-0.15, -0.1) is 0 Å². The third-order valence-electron chi connectivity index (χ3n) is 1.84. The van der Waals surface area contributed by atoms with E-state index in [0.29, 0.717) is 16.2 Å². The van der Waals surface area contributed by atoms with Crippen molar-refractivity contribution in [3.8, 4) is 5.88 Å². The molecule has 0 aromatic carbocycles. The number of methoxy groups -OCH3 is 1. The number of carboxylic acid groups (broad SMARTS) is 1. The Bertz CT molecular complexity index is 436. The zero-order valence-electron chi connectivity index (χ0n) is 9.07. The summed E-state index contributed by atoms with van der Waals surface area (Å²) in [6, 6.07) is 3.27. The molecule has 0 atom stereocenters. The Labute approximate surface area is 106 Å². The summed E-state index contributed by atoms with van der Waals surface area (Å²) in [6.45, 7) is 0. The molecule has 0 aliphatic carbocycles. The number of ether oxygens (including phenoxy) is 1. The molecule has 0 saturated heterocycles. The smallest absolute Gasteiger partial charge is 0.303 e. The molecule has 0 spiro atoms. The van der Waals surface area contributed by atoms with Gasteiger partial charge in [0.25, 0.3) is 0 Å². The molecule has 1 heterocycles. The van der Waals surface area contributed by atoms with Crippen molar-refractivity contribution >= 4 is 33.6 Å². The Morgan fingerprint density at radius 3 is 2.76 bits per heavy atom. The molecule has 1 aromatic rings. The summed E-state index contributed by atoms with van der Waals surface area (Å²) in [5.74, 6) is -0.743. The maximum Gasteiger partial charge on any atom is 0.303 e. The second kappa shape index (κ2) is 6.19. The van der Waals surface area contributed by atoms with Gasteiger partial charge in [0.05, 0.1) is 18.0 Å². The number of carbonyl (C=O) groups is 2. The Kier molecular flexibility index (Phi) is 4.89. The van der Waals surface area contributed by atoms with Gasteiger partial charge in [0.2, 0.25) is 11.8 Å². The predicted molar refractivity (Wildman–Crippen MR) is 64.0 cm³/mol. The summed E-state index contributed by atoms with van der Waals surface area (Å²) in [5.41, 5.74) is 0. The van der Waals surface area contributed by atoms with Crippen LogP contribution in [0.3, 0.4) is 0 Å². The van der Waals surface area contributed by atoms with E-state index in [1.54, 1.807) is 12.1 Å². The number of hydrogen-bond donors (Lipinski definition) is 2. The molecule has 0 saturated carbocycles. The van der Waals surface area contributed by atoms with Crippen molar-refractivity contribution in [1.29, 1.82) is 0 Å². The quantitative estimate of drug-likeness (QED) is 0.863. The van der Waals surface area contributed by atoms with Crippen LogP contribution in [0.25, 0.3) is 0 Å². The van der Waals surface area contributed by atoms with Gasteiger partial charge in [-0.25, -0.2) is 0 Å². The highest BCUT2D eigenvalue weighted by molar-refractivity contribution is 9.10. The number of aliphatic carboxylic acids is 1. The summed E-state index contributed by atoms with van der Waals surface area (Å²) in [4.78, 5) is 25.6. The minimum absolute atomic E-state index is 0.0879. The number of amides is 1. The van der Waals surface area contributed by atoms with E-state index in [-0.39, 0.29) is 12.8 Å². The van der Waals surface area contributed by atoms with Crippen molar-refractivity contribution in [1.82, 2.24) is 4.98 Å². The first-order valence-corrected chi connectivity index (χ1v) is 5.54. The van der Waals surface area contributed by atoms with Crippen molar-refractivity contribution in [2.24, 2.45) is 0 Å². The van der Waals surface area contributed by atoms with Crippen LogP contribution >= 0.6 is 15.9 Å². The average Bonchev–Trinajstić information content (AvgIpc) is 2.29. The maximum absolute atomic E-state index is 11.3. The van der Waals surface area contributed by atoms with Gasteiger partial charge in [0, 0.05) is 6.42 Å². The summed E-state index contributed by atoms with van der Waals surface area (Å²) in [7, 11) is 1.46. The van der Waals surface area contributed by atoms with Crippen LogP contribution in [0.1, 0.15) is 12.8 Å². The zero-order valence-corrected chi connectivity index (χ0v) is 10.7. The van der Waals surface area contributed by atoms with E-state index in [2.05, 4.69) is 26.2 Å². The number of hydrogen-bond acceptors (Lipinski definition) is 4. The van der Waals surface area contributed by atoms with Gasteiger partial charge in [-0.05, 0) is 28.1 Å². The summed E-state index contributed by atoms with van der Waals surface area (Å²) in [5, 5.41) is 10.9. The number of nitrogens with one attached hydrogen (secondary N) is 1. The van der Waals surface area contributed by atoms with Crippen LogP contribution < -0.4 is 10.1 Å². The number of aromatic nitrogens is 1. The number of anilines is 1. The highest BCUT2D eigenvalue weighted by atomic mass is 79.9. The van der Waals surface area contributed by atoms with Gasteiger partial charge in [-0.1, -0.05) is 0 Å². The number of pyridine rings is 1. The maximum atomic E-state index is 11.3. The molecule has 0 radical (unpaired) electrons. The van der Waals surface area contributed by atoms with E-state index in [1.165, 1.54) is 7.11 Å². The SMILES string of the molecule is COc1nc(NC(=O)CCC(=O)O)ccc1Br. The fraction of sp³-hybridized carbons (Fsp3) is 0.300. The van der Waals surface area contributed by atoms with Crippen LogP contribution in [0.5, 0.6) is 5.88 Å². The minimum Gasteiger partial charge on any atom is -0.481 e. The van der Waals surface area contributed by atoms with Crippen LogP contribution in [-0.2, 0) is 9.59 Å². The van der Waals surface area contributed by atoms with Crippen LogP contribution in [0.15, 0.2) is 16.6 Å². The highest BCUT2D eigenvalue weighted by Gasteiger charge is 2.08. The van der Waals surface area contributed by atoms with Crippen molar-refractivity contribution in [3.05, 3.63) is 16.6 Å². The number of carboxylic acids is 1. The monoisotopic (exact) mass is 302 g/mol. The molecule has 1 aromatic heterocycles. The number of nitrogens with zero attached hydrogens (tertiary/aromatic N) is 1. The summed E-state index contributed by atoms with van der Waals surface area (Å²) < 4.78 is 5.63. The zero-order chi connectivity index (χ0) is 12.8. The topological polar surface area (TPSA) is 88.5 Å². The molecule has 0 aliphatic rings. The van der Waals surface area contributed by atoms with Gasteiger partial charge in [-0.2, -0.15) is 4.98 Å². The molecule has 2 N–H and O–H groups in total. The molecule has 17 heavy (non-hydrogen) atoms. The van der Waals surface area contributed by atoms with Crippen LogP contribution in [0.2, 0.25) is 0 Å². The summed E-state index contributed by atoms with van der Waals surface area (Å²) >= 11 is 3.23. The molecule has 0 aliphatic heterocycles. The van der Waals surface area contributed by atoms with Crippen molar-refractivity contribution in [2.75, 3.05) is 12.4 Å². The number of carbonyl (C=O) groups excluding carboxylic acids is 1. The lowest BCUT2D eigenvalue weighted by Crippen LogP contribution is -2.14. The van der Waals surface area contributed by atoms with Gasteiger partial charge >= 0.3 is 5.97 Å². The standard InChI is InChI=1S/C10H11BrN2O4/c1-17-10-6(11)2-3-7(13-10)12-8(14)4-5-9(15)16/h2-3H,4-5H2,1H3,(H,15,16)(H,12,13,14). The minimum atomic E-state index is -1.01. The Morgan fingerprint density at radius 1 is 1.47 bits per heavy atom. The van der Waals surface area contributed by atoms with Crippen molar-refractivity contribution < 1.29 is 19.4 Å². The predicted octanol–water partition coefficient (Wildman–Crippen LogP) is 1.66. The van der Waals surface area contributed by atoms with E-state index >= 15 is 0 Å². The third kappa shape index (κ3) is 4.39. The van der Waals surface area contributed by atoms with E-state index < -0.39 is 11.9 Å². The lowest BCUT2D eigenvalue weighted by molar-refractivity contribution is -0.138. The van der Waals surface area contributed by atoms with E-state index in [9.17, 15) is 9.59 Å². The third-order valence-corrected chi connectivity index (χ3v) is 2.44. The lowest BCUT2D eigenvalue weighted by atomic mass is 10.3. The molecule has 0 unspecified atom stereocenters. The molecule has 1 rings (SSSR count). The van der Waals surface area contributed by atoms with Gasteiger partial charge in [0.15, 0.2) is 0 Å². The Morgan fingerprint density at radius 2 is 2.18 bits per heavy atom. The second-order valence-electron chi connectivity index (χ2n) is 3.13. The number of halogens is 1. The average molecular weight is 303 g/mol. The molecule has 6 nitrogen and oxygen atoms in total. The van der Waals surface area contributed by atoms with E-state index in [0.717, 1.165) is 0 Å². The molecular formula is C10H11BrN2O4. The first kappa shape index (κ1) is 13.4. The van der Waals surface area contributed by atoms with Crippen molar-refractivity contribution in [3.63, 3.8) is 0 Å². The van der Waals surface area contributed by atoms with Crippen LogP contribution in [-0.4, -0.2) is 29.1 Å². The Balaban J connectivity index is 2.62. The normalized spacial score (nSPS) is 9.76. The van der Waals surface area contributed by atoms with Crippen LogP contribution in [0.4, 0.5) is 5.82 Å². The molecule has 0 fully saturated rings. The largest absolute Gasteiger partial charge is 0.481 e. The fourth-order valence-electron chi connectivity index (χ4n) is 1.06. The molecule has 7 heteroatoms. The summed E-state index contributed by atoms with van der Waals surface area (Å²) in [6.07, 6.45) is -0.297. The van der Waals surface area contributed by atoms with Gasteiger partial charge in [-0.3, -0.25) is 9.59 Å². The fourth-order valence-corrected chi connectivity index (χ4v) is 1.44. The second-order valence-corrected chi connectivity index (χ2v) is 3.98. The van der Waals surface area contributed by atoms with Gasteiger partial charge < -0.3 is 15.2 Å². The first-order valence-electron chi connectivity index (χ1n) is 4.75. The van der Waals surface area contributed by atoms with E-state index in [1.807, 2.05) is 0 Å². The molecule has 0 bridgehead atoms. The molecular weight excluding hydrogens is 292 g/mol. The van der Waals surface area contributed by atoms with Crippen LogP contribution in [0, 0.1) is 0 Å². The molecule has 92 valence electrons. The van der Waals surface area contributed by atoms with Crippen molar-refractivity contribution in [2.45, 2.75) is 12.8 Å². The first-order chi connectivity index (χ1) is 8.02. The molecule has 1 amide bonds. The number of rotatable bonds is 5. The highest BCUT2D eigenvalue weighted by Crippen LogP contribution is 2.23. The lowest BCUT2D eigenvalue weighted by Gasteiger charge is -2.06. The van der Waals surface area contributed by atoms with Gasteiger partial charge in [0.1, 0.15) is 5.82 Å².